The van der Waals surface area contributed by atoms with E-state index in [0.29, 0.717) is 0 Å². The summed E-state index contributed by atoms with van der Waals surface area (Å²) in [5.41, 5.74) is 2.35. The fourth-order valence-corrected chi connectivity index (χ4v) is 2.24. The van der Waals surface area contributed by atoms with Crippen molar-refractivity contribution in [3.63, 3.8) is 0 Å². The van der Waals surface area contributed by atoms with E-state index in [0.717, 1.165) is 37.7 Å². The Hall–Kier alpha value is -1.26. The van der Waals surface area contributed by atoms with Crippen molar-refractivity contribution in [2.45, 2.75) is 13.0 Å². The molecule has 1 unspecified atom stereocenters. The maximum Gasteiger partial charge on any atom is 0.142 e. The molecule has 1 N–H and O–H groups in total. The zero-order valence-electron chi connectivity index (χ0n) is 11.4. The van der Waals surface area contributed by atoms with Crippen molar-refractivity contribution < 1.29 is 9.47 Å². The highest BCUT2D eigenvalue weighted by molar-refractivity contribution is 5.59. The molecule has 4 nitrogen and oxygen atoms in total. The molecule has 0 aromatic heterocycles. The normalized spacial score (nSPS) is 19.6. The predicted octanol–water partition coefficient (Wildman–Crippen LogP) is 1.43. The second-order valence-corrected chi connectivity index (χ2v) is 4.75. The van der Waals surface area contributed by atoms with Crippen LogP contribution in [0.3, 0.4) is 0 Å². The summed E-state index contributed by atoms with van der Waals surface area (Å²) < 4.78 is 11.1. The summed E-state index contributed by atoms with van der Waals surface area (Å²) >= 11 is 0. The van der Waals surface area contributed by atoms with Crippen molar-refractivity contribution in [2.75, 3.05) is 45.3 Å². The Labute approximate surface area is 109 Å². The monoisotopic (exact) mass is 250 g/mol. The predicted molar refractivity (Wildman–Crippen MR) is 73.6 cm³/mol. The molecule has 0 bridgehead atoms. The smallest absolute Gasteiger partial charge is 0.142 e. The molecule has 1 aliphatic heterocycles. The van der Waals surface area contributed by atoms with Gasteiger partial charge < -0.3 is 19.7 Å². The lowest BCUT2D eigenvalue weighted by Gasteiger charge is -2.30. The molecule has 2 rings (SSSR count). The number of methoxy groups -OCH3 is 1. The molecular weight excluding hydrogens is 228 g/mol. The van der Waals surface area contributed by atoms with Crippen LogP contribution >= 0.6 is 0 Å². The number of rotatable bonds is 4. The number of nitrogens with zero attached hydrogens (tertiary/aromatic N) is 1. The number of morpholine rings is 1. The van der Waals surface area contributed by atoms with E-state index in [1.54, 1.807) is 7.11 Å². The van der Waals surface area contributed by atoms with Crippen LogP contribution in [0.4, 0.5) is 5.69 Å². The summed E-state index contributed by atoms with van der Waals surface area (Å²) in [5, 5.41) is 3.35. The van der Waals surface area contributed by atoms with E-state index in [1.165, 1.54) is 5.56 Å². The fraction of sp³-hybridized carbons (Fsp3) is 0.571. The molecule has 1 aliphatic rings. The number of nitrogens with one attached hydrogen (secondary N) is 1. The number of hydrogen-bond acceptors (Lipinski definition) is 4. The maximum atomic E-state index is 5.73. The summed E-state index contributed by atoms with van der Waals surface area (Å²) in [6.07, 6.45) is 0.244. The van der Waals surface area contributed by atoms with Gasteiger partial charge in [0.05, 0.1) is 25.5 Å². The molecule has 0 spiro atoms. The summed E-state index contributed by atoms with van der Waals surface area (Å²) in [6.45, 7) is 5.62. The van der Waals surface area contributed by atoms with E-state index in [9.17, 15) is 0 Å². The Bertz CT molecular complexity index is 389. The highest BCUT2D eigenvalue weighted by atomic mass is 16.5. The average molecular weight is 250 g/mol. The molecule has 0 radical (unpaired) electrons. The lowest BCUT2D eigenvalue weighted by Crippen LogP contribution is -2.44. The van der Waals surface area contributed by atoms with Crippen LogP contribution in [0.1, 0.15) is 5.56 Å². The van der Waals surface area contributed by atoms with E-state index in [1.807, 2.05) is 6.07 Å². The molecule has 1 aromatic carbocycles. The lowest BCUT2D eigenvalue weighted by molar-refractivity contribution is 0.0340. The fourth-order valence-electron chi connectivity index (χ4n) is 2.24. The molecule has 0 aliphatic carbocycles. The van der Waals surface area contributed by atoms with E-state index in [4.69, 9.17) is 9.47 Å². The van der Waals surface area contributed by atoms with Crippen molar-refractivity contribution in [2.24, 2.45) is 0 Å². The molecule has 1 fully saturated rings. The van der Waals surface area contributed by atoms with Gasteiger partial charge in [0.15, 0.2) is 0 Å². The van der Waals surface area contributed by atoms with Gasteiger partial charge in [0.1, 0.15) is 5.75 Å². The minimum absolute atomic E-state index is 0.244. The summed E-state index contributed by atoms with van der Waals surface area (Å²) in [7, 11) is 3.79. The first-order chi connectivity index (χ1) is 8.70. The highest BCUT2D eigenvalue weighted by Crippen LogP contribution is 2.28. The van der Waals surface area contributed by atoms with Gasteiger partial charge in [-0.05, 0) is 24.6 Å². The molecule has 1 aromatic rings. The molecule has 18 heavy (non-hydrogen) atoms. The molecule has 0 amide bonds. The van der Waals surface area contributed by atoms with Crippen LogP contribution in [-0.4, -0.2) is 46.5 Å². The molecule has 100 valence electrons. The average Bonchev–Trinajstić information content (AvgIpc) is 2.40. The maximum absolute atomic E-state index is 5.73. The van der Waals surface area contributed by atoms with E-state index in [-0.39, 0.29) is 6.10 Å². The van der Waals surface area contributed by atoms with E-state index in [2.05, 4.69) is 36.3 Å². The minimum Gasteiger partial charge on any atom is -0.495 e. The first-order valence-electron chi connectivity index (χ1n) is 6.39. The van der Waals surface area contributed by atoms with Crippen LogP contribution < -0.4 is 15.0 Å². The molecule has 1 heterocycles. The Morgan fingerprint density at radius 1 is 1.50 bits per heavy atom. The Morgan fingerprint density at radius 3 is 3.00 bits per heavy atom. The van der Waals surface area contributed by atoms with Gasteiger partial charge in [-0.25, -0.2) is 0 Å². The van der Waals surface area contributed by atoms with Gasteiger partial charge in [-0.2, -0.15) is 0 Å². The lowest BCUT2D eigenvalue weighted by atomic mass is 10.2. The van der Waals surface area contributed by atoms with E-state index < -0.39 is 0 Å². The number of anilines is 1. The Kier molecular flexibility index (Phi) is 4.44. The molecule has 4 heteroatoms. The standard InChI is InChI=1S/C14H22N2O2/c1-11-4-5-14(17-3)13(8-11)16(2)10-12-9-15-6-7-18-12/h4-5,8,12,15H,6-7,9-10H2,1-3H3. The van der Waals surface area contributed by atoms with Crippen molar-refractivity contribution in [3.05, 3.63) is 23.8 Å². The van der Waals surface area contributed by atoms with Gasteiger partial charge >= 0.3 is 0 Å². The number of ether oxygens (including phenoxy) is 2. The Balaban J connectivity index is 2.07. The van der Waals surface area contributed by atoms with Gasteiger partial charge in [-0.15, -0.1) is 0 Å². The van der Waals surface area contributed by atoms with Gasteiger partial charge in [0.2, 0.25) is 0 Å². The second-order valence-electron chi connectivity index (χ2n) is 4.75. The van der Waals surface area contributed by atoms with Crippen LogP contribution in [0.15, 0.2) is 18.2 Å². The molecule has 1 atom stereocenters. The minimum atomic E-state index is 0.244. The first kappa shape index (κ1) is 13.2. The van der Waals surface area contributed by atoms with Crippen LogP contribution in [-0.2, 0) is 4.74 Å². The topological polar surface area (TPSA) is 33.7 Å². The van der Waals surface area contributed by atoms with Crippen LogP contribution in [0, 0.1) is 6.92 Å². The SMILES string of the molecule is COc1ccc(C)cc1N(C)CC1CNCCO1. The highest BCUT2D eigenvalue weighted by Gasteiger charge is 2.17. The number of likely N-dealkylation sites (N-methyl/N-ethyl adjacent to an activating group) is 1. The third kappa shape index (κ3) is 3.15. The second kappa shape index (κ2) is 6.07. The Morgan fingerprint density at radius 2 is 2.33 bits per heavy atom. The third-order valence-corrected chi connectivity index (χ3v) is 3.23. The molecule has 0 saturated carbocycles. The van der Waals surface area contributed by atoms with Gasteiger partial charge in [0.25, 0.3) is 0 Å². The van der Waals surface area contributed by atoms with Gasteiger partial charge in [0, 0.05) is 26.7 Å². The number of hydrogen-bond donors (Lipinski definition) is 1. The number of aryl methyl sites for hydroxylation is 1. The zero-order valence-corrected chi connectivity index (χ0v) is 11.4. The quantitative estimate of drug-likeness (QED) is 0.876. The largest absolute Gasteiger partial charge is 0.495 e. The summed E-state index contributed by atoms with van der Waals surface area (Å²) in [6, 6.07) is 6.23. The van der Waals surface area contributed by atoms with Crippen LogP contribution in [0.25, 0.3) is 0 Å². The molecular formula is C14H22N2O2. The van der Waals surface area contributed by atoms with Crippen molar-refractivity contribution >= 4 is 5.69 Å². The first-order valence-corrected chi connectivity index (χ1v) is 6.39. The van der Waals surface area contributed by atoms with Gasteiger partial charge in [-0.1, -0.05) is 6.07 Å². The van der Waals surface area contributed by atoms with Crippen molar-refractivity contribution in [3.8, 4) is 5.75 Å². The van der Waals surface area contributed by atoms with Crippen LogP contribution in [0.5, 0.6) is 5.75 Å². The van der Waals surface area contributed by atoms with Crippen LogP contribution in [0.2, 0.25) is 0 Å². The van der Waals surface area contributed by atoms with Gasteiger partial charge in [-0.3, -0.25) is 0 Å². The van der Waals surface area contributed by atoms with E-state index >= 15 is 0 Å². The van der Waals surface area contributed by atoms with Crippen molar-refractivity contribution in [1.29, 1.82) is 0 Å². The molecule has 1 saturated heterocycles. The third-order valence-electron chi connectivity index (χ3n) is 3.23. The van der Waals surface area contributed by atoms with Crippen molar-refractivity contribution in [1.82, 2.24) is 5.32 Å². The summed E-state index contributed by atoms with van der Waals surface area (Å²) in [4.78, 5) is 2.20. The number of benzene rings is 1. The summed E-state index contributed by atoms with van der Waals surface area (Å²) in [5.74, 6) is 0.909. The zero-order chi connectivity index (χ0) is 13.0.